The molecule has 2 N–H and O–H groups in total. The fourth-order valence-electron chi connectivity index (χ4n) is 1.02. The van der Waals surface area contributed by atoms with Crippen LogP contribution in [0.25, 0.3) is 0 Å². The van der Waals surface area contributed by atoms with Crippen LogP contribution in [0.5, 0.6) is 0 Å². The largest absolute Gasteiger partial charge is 0.480 e. The van der Waals surface area contributed by atoms with Gasteiger partial charge in [0.2, 0.25) is 5.91 Å². The highest BCUT2D eigenvalue weighted by Crippen LogP contribution is 2.16. The van der Waals surface area contributed by atoms with Gasteiger partial charge >= 0.3 is 5.97 Å². The Morgan fingerprint density at radius 1 is 1.29 bits per heavy atom. The van der Waals surface area contributed by atoms with Crippen molar-refractivity contribution >= 4 is 17.6 Å². The molecule has 5 nitrogen and oxygen atoms in total. The monoisotopic (exact) mass is 245 g/mol. The molecule has 0 atom stereocenters. The summed E-state index contributed by atoms with van der Waals surface area (Å²) >= 11 is 0. The van der Waals surface area contributed by atoms with Crippen molar-refractivity contribution in [1.82, 2.24) is 0 Å². The number of aliphatic carboxylic acids is 1. The van der Waals surface area contributed by atoms with E-state index in [0.717, 1.165) is 6.07 Å². The molecule has 0 spiro atoms. The maximum absolute atomic E-state index is 13.1. The van der Waals surface area contributed by atoms with Crippen LogP contribution in [0, 0.1) is 11.6 Å². The summed E-state index contributed by atoms with van der Waals surface area (Å²) in [5.74, 6) is -4.26. The van der Waals surface area contributed by atoms with Crippen LogP contribution in [0.2, 0.25) is 0 Å². The van der Waals surface area contributed by atoms with Gasteiger partial charge in [0.15, 0.2) is 11.6 Å². The van der Waals surface area contributed by atoms with Crippen LogP contribution < -0.4 is 5.32 Å². The van der Waals surface area contributed by atoms with Crippen molar-refractivity contribution < 1.29 is 28.2 Å². The predicted octanol–water partition coefficient (Wildman–Crippen LogP) is 1.00. The lowest BCUT2D eigenvalue weighted by molar-refractivity contribution is -0.143. The van der Waals surface area contributed by atoms with Crippen molar-refractivity contribution in [3.8, 4) is 0 Å². The minimum atomic E-state index is -1.23. The first kappa shape index (κ1) is 13.0. The first-order chi connectivity index (χ1) is 8.00. The van der Waals surface area contributed by atoms with Gasteiger partial charge in [-0.1, -0.05) is 6.07 Å². The van der Waals surface area contributed by atoms with E-state index in [4.69, 9.17) is 5.11 Å². The first-order valence-corrected chi connectivity index (χ1v) is 4.54. The molecular formula is C10H9F2NO4. The molecule has 1 aromatic rings. The van der Waals surface area contributed by atoms with E-state index in [1.54, 1.807) is 0 Å². The highest BCUT2D eigenvalue weighted by molar-refractivity contribution is 5.91. The van der Waals surface area contributed by atoms with E-state index >= 15 is 0 Å². The fourth-order valence-corrected chi connectivity index (χ4v) is 1.02. The number of halogens is 2. The van der Waals surface area contributed by atoms with Gasteiger partial charge in [0, 0.05) is 0 Å². The summed E-state index contributed by atoms with van der Waals surface area (Å²) in [6.07, 6.45) is 0. The van der Waals surface area contributed by atoms with E-state index in [9.17, 15) is 18.4 Å². The number of carboxylic acid groups (broad SMARTS) is 1. The van der Waals surface area contributed by atoms with Crippen molar-refractivity contribution in [3.63, 3.8) is 0 Å². The molecule has 0 saturated carbocycles. The van der Waals surface area contributed by atoms with E-state index in [0.29, 0.717) is 0 Å². The lowest BCUT2D eigenvalue weighted by atomic mass is 10.3. The Hall–Kier alpha value is -2.02. The molecule has 0 fully saturated rings. The Morgan fingerprint density at radius 2 is 2.00 bits per heavy atom. The number of carboxylic acids is 1. The quantitative estimate of drug-likeness (QED) is 0.811. The zero-order chi connectivity index (χ0) is 12.8. The summed E-state index contributed by atoms with van der Waals surface area (Å²) in [5.41, 5.74) is -0.325. The number of rotatable bonds is 5. The predicted molar refractivity (Wildman–Crippen MR) is 53.4 cm³/mol. The lowest BCUT2D eigenvalue weighted by Crippen LogP contribution is -2.21. The fraction of sp³-hybridized carbons (Fsp3) is 0.200. The van der Waals surface area contributed by atoms with Gasteiger partial charge in [-0.15, -0.1) is 0 Å². The number of nitrogens with one attached hydrogen (secondary N) is 1. The number of benzene rings is 1. The number of ether oxygens (including phenoxy) is 1. The third-order valence-corrected chi connectivity index (χ3v) is 1.68. The van der Waals surface area contributed by atoms with Crippen LogP contribution in [0.15, 0.2) is 18.2 Å². The maximum Gasteiger partial charge on any atom is 0.329 e. The number of anilines is 1. The summed E-state index contributed by atoms with van der Waals surface area (Å²) < 4.78 is 30.3. The molecule has 92 valence electrons. The summed E-state index contributed by atoms with van der Waals surface area (Å²) in [4.78, 5) is 21.2. The van der Waals surface area contributed by atoms with E-state index in [-0.39, 0.29) is 5.69 Å². The molecule has 0 aliphatic rings. The smallest absolute Gasteiger partial charge is 0.329 e. The van der Waals surface area contributed by atoms with Crippen LogP contribution >= 0.6 is 0 Å². The molecule has 1 aromatic carbocycles. The van der Waals surface area contributed by atoms with Crippen molar-refractivity contribution in [2.75, 3.05) is 18.5 Å². The lowest BCUT2D eigenvalue weighted by Gasteiger charge is -2.06. The summed E-state index contributed by atoms with van der Waals surface area (Å²) in [6, 6.07) is 3.31. The number of amides is 1. The van der Waals surface area contributed by atoms with Gasteiger partial charge in [-0.3, -0.25) is 4.79 Å². The second kappa shape index (κ2) is 5.90. The van der Waals surface area contributed by atoms with E-state index in [1.807, 2.05) is 0 Å². The van der Waals surface area contributed by atoms with Gasteiger partial charge in [0.1, 0.15) is 13.2 Å². The molecule has 17 heavy (non-hydrogen) atoms. The Labute approximate surface area is 95.0 Å². The van der Waals surface area contributed by atoms with E-state index < -0.39 is 36.7 Å². The third-order valence-electron chi connectivity index (χ3n) is 1.68. The molecule has 1 amide bonds. The molecule has 1 rings (SSSR count). The summed E-state index contributed by atoms with van der Waals surface area (Å²) in [6.45, 7) is -1.19. The van der Waals surface area contributed by atoms with Crippen LogP contribution in [0.3, 0.4) is 0 Å². The second-order valence-electron chi connectivity index (χ2n) is 3.04. The average molecular weight is 245 g/mol. The maximum atomic E-state index is 13.1. The minimum absolute atomic E-state index is 0.325. The summed E-state index contributed by atoms with van der Waals surface area (Å²) in [7, 11) is 0. The summed E-state index contributed by atoms with van der Waals surface area (Å²) in [5, 5.41) is 10.3. The van der Waals surface area contributed by atoms with Crippen molar-refractivity contribution in [2.45, 2.75) is 0 Å². The van der Waals surface area contributed by atoms with Gasteiger partial charge in [-0.25, -0.2) is 13.6 Å². The number of hydrogen-bond donors (Lipinski definition) is 2. The minimum Gasteiger partial charge on any atom is -0.480 e. The molecule has 0 unspecified atom stereocenters. The number of carbonyl (C=O) groups excluding carboxylic acids is 1. The molecule has 0 aliphatic carbocycles. The zero-order valence-electron chi connectivity index (χ0n) is 8.57. The van der Waals surface area contributed by atoms with Gasteiger partial charge in [-0.2, -0.15) is 0 Å². The van der Waals surface area contributed by atoms with Crippen LogP contribution in [0.1, 0.15) is 0 Å². The van der Waals surface area contributed by atoms with Crippen LogP contribution in [0.4, 0.5) is 14.5 Å². The van der Waals surface area contributed by atoms with Gasteiger partial charge in [0.25, 0.3) is 0 Å². The first-order valence-electron chi connectivity index (χ1n) is 4.54. The Bertz CT molecular complexity index is 436. The van der Waals surface area contributed by atoms with Gasteiger partial charge in [-0.05, 0) is 12.1 Å². The molecule has 0 radical (unpaired) electrons. The van der Waals surface area contributed by atoms with Gasteiger partial charge < -0.3 is 15.2 Å². The molecule has 0 bridgehead atoms. The number of carbonyl (C=O) groups is 2. The molecule has 0 aromatic heterocycles. The Balaban J connectivity index is 2.51. The number of hydrogen-bond acceptors (Lipinski definition) is 3. The standard InChI is InChI=1S/C10H9F2NO4/c11-6-2-1-3-7(10(6)12)13-8(14)4-17-5-9(15)16/h1-3H,4-5H2,(H,13,14)(H,15,16). The third kappa shape index (κ3) is 4.15. The van der Waals surface area contributed by atoms with E-state index in [2.05, 4.69) is 10.1 Å². The normalized spacial score (nSPS) is 10.0. The zero-order valence-corrected chi connectivity index (χ0v) is 8.57. The molecule has 0 heterocycles. The second-order valence-corrected chi connectivity index (χ2v) is 3.04. The van der Waals surface area contributed by atoms with Crippen LogP contribution in [-0.2, 0) is 14.3 Å². The Morgan fingerprint density at radius 3 is 2.65 bits per heavy atom. The van der Waals surface area contributed by atoms with Crippen molar-refractivity contribution in [2.24, 2.45) is 0 Å². The van der Waals surface area contributed by atoms with Crippen molar-refractivity contribution in [3.05, 3.63) is 29.8 Å². The highest BCUT2D eigenvalue weighted by Gasteiger charge is 2.10. The SMILES string of the molecule is O=C(O)COCC(=O)Nc1cccc(F)c1F. The highest BCUT2D eigenvalue weighted by atomic mass is 19.2. The van der Waals surface area contributed by atoms with E-state index in [1.165, 1.54) is 12.1 Å². The van der Waals surface area contributed by atoms with Gasteiger partial charge in [0.05, 0.1) is 5.69 Å². The van der Waals surface area contributed by atoms with Crippen LogP contribution in [-0.4, -0.2) is 30.2 Å². The molecular weight excluding hydrogens is 236 g/mol. The topological polar surface area (TPSA) is 75.6 Å². The Kier molecular flexibility index (Phi) is 4.53. The van der Waals surface area contributed by atoms with Crippen molar-refractivity contribution in [1.29, 1.82) is 0 Å². The molecule has 0 saturated heterocycles. The molecule has 7 heteroatoms. The molecule has 0 aliphatic heterocycles. The average Bonchev–Trinajstić information content (AvgIpc) is 2.24.